The number of hydrogen-bond donors (Lipinski definition) is 4. The molecule has 0 saturated carbocycles. The van der Waals surface area contributed by atoms with Crippen LogP contribution in [0.1, 0.15) is 12.1 Å². The predicted octanol–water partition coefficient (Wildman–Crippen LogP) is 5.09. The lowest BCUT2D eigenvalue weighted by atomic mass is 10.1. The van der Waals surface area contributed by atoms with Crippen molar-refractivity contribution >= 4 is 72.2 Å². The Balaban J connectivity index is 1.53. The topological polar surface area (TPSA) is 162 Å². The molecule has 4 aromatic rings. The first-order valence-electron chi connectivity index (χ1n) is 13.7. The van der Waals surface area contributed by atoms with E-state index in [1.54, 1.807) is 18.2 Å². The van der Waals surface area contributed by atoms with Crippen molar-refractivity contribution in [1.82, 2.24) is 9.29 Å². The molecule has 0 radical (unpaired) electrons. The maximum absolute atomic E-state index is 13.7. The Labute approximate surface area is 269 Å². The van der Waals surface area contributed by atoms with Gasteiger partial charge in [-0.25, -0.2) is 8.42 Å². The van der Waals surface area contributed by atoms with Crippen molar-refractivity contribution < 1.29 is 23.1 Å². The molecule has 4 N–H and O–H groups in total. The van der Waals surface area contributed by atoms with Crippen molar-refractivity contribution in [2.45, 2.75) is 18.2 Å². The molecule has 0 unspecified atom stereocenters. The van der Waals surface area contributed by atoms with Crippen molar-refractivity contribution in [2.75, 3.05) is 55.8 Å². The average molecular weight is 733 g/mol. The largest absolute Gasteiger partial charge is 0.497 e. The highest BCUT2D eigenvalue weighted by Gasteiger charge is 2.25. The number of rotatable bonds is 15. The summed E-state index contributed by atoms with van der Waals surface area (Å²) in [6.07, 6.45) is -0.164. The highest BCUT2D eigenvalue weighted by Crippen LogP contribution is 2.28. The summed E-state index contributed by atoms with van der Waals surface area (Å²) in [4.78, 5) is 28.8. The van der Waals surface area contributed by atoms with Gasteiger partial charge in [0.15, 0.2) is 0 Å². The Morgan fingerprint density at radius 1 is 0.977 bits per heavy atom. The fourth-order valence-corrected chi connectivity index (χ4v) is 6.45. The number of sulfonamides is 1. The molecule has 0 bridgehead atoms. The fourth-order valence-electron chi connectivity index (χ4n) is 4.52. The second kappa shape index (κ2) is 15.2. The molecule has 14 heteroatoms. The standard InChI is InChI=1S/C30H33IN6O6S/c1-20-17-28(25-18-21(31)3-9-26(25)34-20)32-12-15-37(44(41,42)24-7-5-23(43-2)6-8-24)14-11-30(39)35-29-19-22(36-40)4-10-27(29)33-13-16-38/h3-10,17-19,33,38H,11-16H2,1-2H3,(H,32,34)(H,35,39). The van der Waals surface area contributed by atoms with Crippen LogP contribution in [-0.4, -0.2) is 68.6 Å². The van der Waals surface area contributed by atoms with Crippen LogP contribution in [0.4, 0.5) is 22.7 Å². The number of halogens is 1. The van der Waals surface area contributed by atoms with Crippen LogP contribution in [0.25, 0.3) is 10.9 Å². The Kier molecular flexibility index (Phi) is 11.4. The summed E-state index contributed by atoms with van der Waals surface area (Å²) in [6.45, 7) is 2.21. The number of carbonyl (C=O) groups is 1. The smallest absolute Gasteiger partial charge is 0.243 e. The van der Waals surface area contributed by atoms with Gasteiger partial charge in [0.1, 0.15) is 11.4 Å². The normalized spacial score (nSPS) is 11.4. The molecule has 12 nitrogen and oxygen atoms in total. The van der Waals surface area contributed by atoms with E-state index in [1.165, 1.54) is 35.7 Å². The summed E-state index contributed by atoms with van der Waals surface area (Å²) in [5.74, 6) is 0.0529. The number of aromatic nitrogens is 1. The molecule has 232 valence electrons. The first kappa shape index (κ1) is 33.0. The van der Waals surface area contributed by atoms with Gasteiger partial charge in [-0.05, 0) is 101 Å². The number of amides is 1. The van der Waals surface area contributed by atoms with E-state index in [0.717, 1.165) is 25.9 Å². The molecule has 0 atom stereocenters. The Hall–Kier alpha value is -3.86. The molecular weight excluding hydrogens is 699 g/mol. The summed E-state index contributed by atoms with van der Waals surface area (Å²) >= 11 is 2.23. The number of fused-ring (bicyclic) bond motifs is 1. The molecule has 3 aromatic carbocycles. The van der Waals surface area contributed by atoms with Gasteiger partial charge in [-0.3, -0.25) is 9.78 Å². The lowest BCUT2D eigenvalue weighted by molar-refractivity contribution is -0.116. The van der Waals surface area contributed by atoms with Crippen LogP contribution in [0.2, 0.25) is 0 Å². The van der Waals surface area contributed by atoms with Crippen molar-refractivity contribution in [2.24, 2.45) is 5.18 Å². The third-order valence-electron chi connectivity index (χ3n) is 6.67. The van der Waals surface area contributed by atoms with E-state index in [2.05, 4.69) is 48.7 Å². The van der Waals surface area contributed by atoms with Gasteiger partial charge in [0.2, 0.25) is 15.9 Å². The number of aliphatic hydroxyl groups excluding tert-OH is 1. The van der Waals surface area contributed by atoms with Crippen LogP contribution in [0.15, 0.2) is 76.8 Å². The first-order chi connectivity index (χ1) is 21.1. The summed E-state index contributed by atoms with van der Waals surface area (Å²) in [5, 5.41) is 22.1. The van der Waals surface area contributed by atoms with E-state index in [1.807, 2.05) is 31.2 Å². The maximum atomic E-state index is 13.7. The number of nitrogens with zero attached hydrogens (tertiary/aromatic N) is 3. The zero-order valence-electron chi connectivity index (χ0n) is 24.2. The minimum atomic E-state index is -3.99. The van der Waals surface area contributed by atoms with E-state index in [-0.39, 0.29) is 49.8 Å². The molecule has 1 amide bonds. The van der Waals surface area contributed by atoms with Crippen LogP contribution in [0, 0.1) is 15.4 Å². The fraction of sp³-hybridized carbons (Fsp3) is 0.267. The quantitative estimate of drug-likeness (QED) is 0.0964. The van der Waals surface area contributed by atoms with E-state index in [4.69, 9.17) is 4.74 Å². The Bertz CT molecular complexity index is 1740. The number of pyridine rings is 1. The summed E-state index contributed by atoms with van der Waals surface area (Å²) in [5.41, 5.74) is 3.37. The molecule has 0 saturated heterocycles. The number of nitroso groups, excluding NO2 is 1. The molecule has 1 aromatic heterocycles. The third-order valence-corrected chi connectivity index (χ3v) is 9.25. The van der Waals surface area contributed by atoms with Gasteiger partial charge in [-0.15, -0.1) is 4.91 Å². The molecule has 0 spiro atoms. The van der Waals surface area contributed by atoms with Crippen LogP contribution in [-0.2, 0) is 14.8 Å². The van der Waals surface area contributed by atoms with E-state index in [9.17, 15) is 23.2 Å². The second-order valence-corrected chi connectivity index (χ2v) is 12.9. The number of aryl methyl sites for hydroxylation is 1. The van der Waals surface area contributed by atoms with Gasteiger partial charge in [0.25, 0.3) is 0 Å². The van der Waals surface area contributed by atoms with Gasteiger partial charge < -0.3 is 25.8 Å². The third kappa shape index (κ3) is 8.40. The molecule has 0 fully saturated rings. The number of carbonyl (C=O) groups excluding carboxylic acids is 1. The molecule has 44 heavy (non-hydrogen) atoms. The monoisotopic (exact) mass is 732 g/mol. The van der Waals surface area contributed by atoms with Gasteiger partial charge in [0.05, 0.1) is 35.5 Å². The number of ether oxygens (including phenoxy) is 1. The molecule has 0 aliphatic heterocycles. The minimum Gasteiger partial charge on any atom is -0.497 e. The number of hydrogen-bond acceptors (Lipinski definition) is 10. The minimum absolute atomic E-state index is 0.0683. The van der Waals surface area contributed by atoms with Crippen LogP contribution < -0.4 is 20.7 Å². The van der Waals surface area contributed by atoms with Gasteiger partial charge in [0, 0.05) is 52.9 Å². The molecule has 0 aliphatic carbocycles. The Morgan fingerprint density at radius 3 is 2.43 bits per heavy atom. The van der Waals surface area contributed by atoms with E-state index < -0.39 is 15.9 Å². The lowest BCUT2D eigenvalue weighted by Crippen LogP contribution is -2.37. The predicted molar refractivity (Wildman–Crippen MR) is 180 cm³/mol. The zero-order valence-corrected chi connectivity index (χ0v) is 27.2. The first-order valence-corrected chi connectivity index (χ1v) is 16.2. The number of aliphatic hydroxyl groups is 1. The summed E-state index contributed by atoms with van der Waals surface area (Å²) in [6, 6.07) is 18.4. The summed E-state index contributed by atoms with van der Waals surface area (Å²) < 4.78 is 35.0. The van der Waals surface area contributed by atoms with Gasteiger partial charge in [-0.1, -0.05) is 0 Å². The highest BCUT2D eigenvalue weighted by atomic mass is 127. The Morgan fingerprint density at radius 2 is 1.73 bits per heavy atom. The maximum Gasteiger partial charge on any atom is 0.243 e. The van der Waals surface area contributed by atoms with Crippen LogP contribution >= 0.6 is 22.6 Å². The van der Waals surface area contributed by atoms with E-state index >= 15 is 0 Å². The molecule has 4 rings (SSSR count). The van der Waals surface area contributed by atoms with Crippen molar-refractivity contribution in [3.8, 4) is 5.75 Å². The average Bonchev–Trinajstić information content (AvgIpc) is 3.02. The second-order valence-electron chi connectivity index (χ2n) is 9.75. The zero-order chi connectivity index (χ0) is 31.7. The molecule has 1 heterocycles. The molecular formula is C30H33IN6O6S. The van der Waals surface area contributed by atoms with Crippen LogP contribution in [0.5, 0.6) is 5.75 Å². The van der Waals surface area contributed by atoms with Gasteiger partial charge >= 0.3 is 0 Å². The number of anilines is 3. The number of nitrogens with one attached hydrogen (secondary N) is 3. The number of benzene rings is 3. The summed E-state index contributed by atoms with van der Waals surface area (Å²) in [7, 11) is -2.49. The SMILES string of the molecule is COc1ccc(S(=O)(=O)N(CCNc2cc(C)nc3ccc(I)cc23)CCC(=O)Nc2cc(N=O)ccc2NCCO)cc1. The lowest BCUT2D eigenvalue weighted by Gasteiger charge is -2.23. The van der Waals surface area contributed by atoms with Gasteiger partial charge in [-0.2, -0.15) is 4.31 Å². The number of methoxy groups -OCH3 is 1. The van der Waals surface area contributed by atoms with Crippen LogP contribution in [0.3, 0.4) is 0 Å². The van der Waals surface area contributed by atoms with Crippen molar-refractivity contribution in [3.05, 3.63) is 80.9 Å². The van der Waals surface area contributed by atoms with Crippen molar-refractivity contribution in [3.63, 3.8) is 0 Å². The van der Waals surface area contributed by atoms with E-state index in [0.29, 0.717) is 17.1 Å². The van der Waals surface area contributed by atoms with Crippen molar-refractivity contribution in [1.29, 1.82) is 0 Å². The molecule has 0 aliphatic rings. The highest BCUT2D eigenvalue weighted by molar-refractivity contribution is 14.1.